The number of nitrogens with one attached hydrogen (secondary N) is 3. The second-order valence-electron chi connectivity index (χ2n) is 6.52. The summed E-state index contributed by atoms with van der Waals surface area (Å²) in [6, 6.07) is 26.1. The minimum atomic E-state index is -0.523. The molecule has 3 aromatic rings. The number of hydrogen-bond donors (Lipinski definition) is 3. The predicted octanol–water partition coefficient (Wildman–Crippen LogP) is 3.46. The molecule has 0 atom stereocenters. The van der Waals surface area contributed by atoms with Crippen molar-refractivity contribution >= 4 is 29.1 Å². The minimum absolute atomic E-state index is 0.0207. The number of aryl methyl sites for hydroxylation is 1. The molecule has 0 unspecified atom stereocenters. The molecule has 2 amide bonds. The third kappa shape index (κ3) is 5.49. The highest BCUT2D eigenvalue weighted by atomic mass is 32.1. The molecule has 0 heterocycles. The van der Waals surface area contributed by atoms with E-state index in [0.717, 1.165) is 16.7 Å². The summed E-state index contributed by atoms with van der Waals surface area (Å²) in [6.45, 7) is 1.94. The summed E-state index contributed by atoms with van der Waals surface area (Å²) in [5.41, 5.74) is 8.33. The van der Waals surface area contributed by atoms with Gasteiger partial charge in [0.15, 0.2) is 5.11 Å². The molecule has 0 aromatic heterocycles. The van der Waals surface area contributed by atoms with Crippen LogP contribution >= 0.6 is 12.2 Å². The fourth-order valence-electron chi connectivity index (χ4n) is 2.89. The Bertz CT molecular complexity index is 950. The Morgan fingerprint density at radius 1 is 0.759 bits per heavy atom. The van der Waals surface area contributed by atoms with Gasteiger partial charge < -0.3 is 5.32 Å². The van der Waals surface area contributed by atoms with Crippen LogP contribution in [0.15, 0.2) is 84.9 Å². The van der Waals surface area contributed by atoms with E-state index in [0.29, 0.717) is 5.56 Å². The summed E-state index contributed by atoms with van der Waals surface area (Å²) in [4.78, 5) is 25.1. The number of hydrogen-bond acceptors (Lipinski definition) is 3. The summed E-state index contributed by atoms with van der Waals surface area (Å²) in [6.07, 6.45) is 0. The first kappa shape index (κ1) is 20.2. The lowest BCUT2D eigenvalue weighted by atomic mass is 9.90. The van der Waals surface area contributed by atoms with E-state index in [1.807, 2.05) is 79.7 Å². The average molecular weight is 404 g/mol. The zero-order chi connectivity index (χ0) is 20.6. The Labute approximate surface area is 175 Å². The van der Waals surface area contributed by atoms with E-state index in [9.17, 15) is 9.59 Å². The normalized spacial score (nSPS) is 10.3. The second kappa shape index (κ2) is 9.61. The molecule has 0 radical (unpaired) electrons. The smallest absolute Gasteiger partial charge is 0.269 e. The highest BCUT2D eigenvalue weighted by Crippen LogP contribution is 2.24. The van der Waals surface area contributed by atoms with Crippen LogP contribution in [0.2, 0.25) is 0 Å². The highest BCUT2D eigenvalue weighted by Gasteiger charge is 2.23. The van der Waals surface area contributed by atoms with Crippen molar-refractivity contribution in [2.24, 2.45) is 0 Å². The van der Waals surface area contributed by atoms with E-state index in [2.05, 4.69) is 16.2 Å². The zero-order valence-corrected chi connectivity index (χ0v) is 16.7. The van der Waals surface area contributed by atoms with Gasteiger partial charge in [-0.25, -0.2) is 0 Å². The van der Waals surface area contributed by atoms with Gasteiger partial charge in [-0.2, -0.15) is 0 Å². The monoisotopic (exact) mass is 403 g/mol. The molecule has 0 fully saturated rings. The van der Waals surface area contributed by atoms with Crippen molar-refractivity contribution in [2.75, 3.05) is 0 Å². The number of benzene rings is 3. The molecule has 0 bridgehead atoms. The Morgan fingerprint density at radius 2 is 1.28 bits per heavy atom. The van der Waals surface area contributed by atoms with Gasteiger partial charge in [-0.3, -0.25) is 20.4 Å². The third-order valence-corrected chi connectivity index (χ3v) is 4.57. The lowest BCUT2D eigenvalue weighted by Crippen LogP contribution is -2.49. The van der Waals surface area contributed by atoms with Crippen molar-refractivity contribution in [1.29, 1.82) is 0 Å². The van der Waals surface area contributed by atoms with Gasteiger partial charge in [0, 0.05) is 5.56 Å². The Hall–Kier alpha value is -3.51. The van der Waals surface area contributed by atoms with E-state index in [-0.39, 0.29) is 16.9 Å². The first-order chi connectivity index (χ1) is 14.0. The molecule has 0 aliphatic heterocycles. The molecule has 0 aliphatic carbocycles. The summed E-state index contributed by atoms with van der Waals surface area (Å²) < 4.78 is 0. The first-order valence-electron chi connectivity index (χ1n) is 9.12. The van der Waals surface area contributed by atoms with Gasteiger partial charge in [0.05, 0.1) is 5.92 Å². The molecular formula is C23H21N3O2S. The SMILES string of the molecule is Cc1ccc(C(=O)NNC(=S)NC(=O)C(c2ccccc2)c2ccccc2)cc1. The molecule has 3 aromatic carbocycles. The van der Waals surface area contributed by atoms with Crippen molar-refractivity contribution in [3.63, 3.8) is 0 Å². The van der Waals surface area contributed by atoms with E-state index in [1.165, 1.54) is 0 Å². The van der Waals surface area contributed by atoms with Crippen LogP contribution in [0, 0.1) is 6.92 Å². The van der Waals surface area contributed by atoms with Crippen LogP contribution in [-0.4, -0.2) is 16.9 Å². The average Bonchev–Trinajstić information content (AvgIpc) is 2.74. The van der Waals surface area contributed by atoms with Crippen LogP contribution in [0.25, 0.3) is 0 Å². The summed E-state index contributed by atoms with van der Waals surface area (Å²) in [5, 5.41) is 2.68. The van der Waals surface area contributed by atoms with Crippen molar-refractivity contribution in [2.45, 2.75) is 12.8 Å². The lowest BCUT2D eigenvalue weighted by Gasteiger charge is -2.18. The molecule has 0 saturated heterocycles. The summed E-state index contributed by atoms with van der Waals surface area (Å²) >= 11 is 5.18. The van der Waals surface area contributed by atoms with Gasteiger partial charge in [0.2, 0.25) is 5.91 Å². The molecule has 3 N–H and O–H groups in total. The van der Waals surface area contributed by atoms with E-state index < -0.39 is 5.92 Å². The summed E-state index contributed by atoms with van der Waals surface area (Å²) in [5.74, 6) is -1.15. The van der Waals surface area contributed by atoms with Gasteiger partial charge in [-0.1, -0.05) is 78.4 Å². The van der Waals surface area contributed by atoms with Crippen molar-refractivity contribution < 1.29 is 9.59 Å². The molecule has 0 saturated carbocycles. The number of carbonyl (C=O) groups excluding carboxylic acids is 2. The molecule has 146 valence electrons. The van der Waals surface area contributed by atoms with Gasteiger partial charge in [-0.15, -0.1) is 0 Å². The molecule has 0 spiro atoms. The highest BCUT2D eigenvalue weighted by molar-refractivity contribution is 7.80. The van der Waals surface area contributed by atoms with Crippen LogP contribution < -0.4 is 16.2 Å². The third-order valence-electron chi connectivity index (χ3n) is 4.37. The minimum Gasteiger partial charge on any atom is -0.301 e. The van der Waals surface area contributed by atoms with Gasteiger partial charge in [0.25, 0.3) is 5.91 Å². The van der Waals surface area contributed by atoms with Crippen molar-refractivity contribution in [1.82, 2.24) is 16.2 Å². The maximum absolute atomic E-state index is 13.0. The van der Waals surface area contributed by atoms with Crippen LogP contribution in [0.5, 0.6) is 0 Å². The van der Waals surface area contributed by atoms with Gasteiger partial charge in [-0.05, 0) is 42.4 Å². The lowest BCUT2D eigenvalue weighted by molar-refractivity contribution is -0.120. The van der Waals surface area contributed by atoms with E-state index in [1.54, 1.807) is 12.1 Å². The molecule has 0 aliphatic rings. The number of carbonyl (C=O) groups is 2. The molecular weight excluding hydrogens is 382 g/mol. The molecule has 5 nitrogen and oxygen atoms in total. The van der Waals surface area contributed by atoms with Crippen LogP contribution in [-0.2, 0) is 4.79 Å². The van der Waals surface area contributed by atoms with Crippen LogP contribution in [0.1, 0.15) is 33.0 Å². The van der Waals surface area contributed by atoms with E-state index in [4.69, 9.17) is 12.2 Å². The fraction of sp³-hybridized carbons (Fsp3) is 0.0870. The Balaban J connectivity index is 1.65. The zero-order valence-electron chi connectivity index (χ0n) is 15.9. The first-order valence-corrected chi connectivity index (χ1v) is 9.53. The summed E-state index contributed by atoms with van der Waals surface area (Å²) in [7, 11) is 0. The molecule has 3 rings (SSSR count). The topological polar surface area (TPSA) is 70.2 Å². The fourth-order valence-corrected chi connectivity index (χ4v) is 3.04. The second-order valence-corrected chi connectivity index (χ2v) is 6.93. The maximum atomic E-state index is 13.0. The Morgan fingerprint density at radius 3 is 1.79 bits per heavy atom. The van der Waals surface area contributed by atoms with Gasteiger partial charge >= 0.3 is 0 Å². The number of amides is 2. The number of rotatable bonds is 4. The quantitative estimate of drug-likeness (QED) is 0.461. The van der Waals surface area contributed by atoms with Crippen molar-refractivity contribution in [3.05, 3.63) is 107 Å². The number of hydrazine groups is 1. The maximum Gasteiger partial charge on any atom is 0.269 e. The Kier molecular flexibility index (Phi) is 6.71. The van der Waals surface area contributed by atoms with Gasteiger partial charge in [0.1, 0.15) is 0 Å². The standard InChI is InChI=1S/C23H21N3O2S/c1-16-12-14-19(15-13-16)21(27)25-26-23(29)24-22(28)20(17-8-4-2-5-9-17)18-10-6-3-7-11-18/h2-15,20H,1H3,(H,25,27)(H2,24,26,28,29). The molecule has 6 heteroatoms. The van der Waals surface area contributed by atoms with Crippen molar-refractivity contribution in [3.8, 4) is 0 Å². The predicted molar refractivity (Wildman–Crippen MR) is 117 cm³/mol. The van der Waals surface area contributed by atoms with Crippen LogP contribution in [0.4, 0.5) is 0 Å². The molecule has 29 heavy (non-hydrogen) atoms. The van der Waals surface area contributed by atoms with Crippen LogP contribution in [0.3, 0.4) is 0 Å². The van der Waals surface area contributed by atoms with E-state index >= 15 is 0 Å². The largest absolute Gasteiger partial charge is 0.301 e. The number of thiocarbonyl (C=S) groups is 1.